The lowest BCUT2D eigenvalue weighted by atomic mass is 10.1. The van der Waals surface area contributed by atoms with Crippen LogP contribution >= 0.6 is 0 Å². The molecule has 10 nitrogen and oxygen atoms in total. The molecule has 2 N–H and O–H groups in total. The van der Waals surface area contributed by atoms with Crippen molar-refractivity contribution in [3.05, 3.63) is 42.1 Å². The summed E-state index contributed by atoms with van der Waals surface area (Å²) in [6, 6.07) is 8.79. The van der Waals surface area contributed by atoms with Crippen LogP contribution in [0, 0.1) is 6.92 Å². The number of nitrogens with one attached hydrogen (secondary N) is 1. The molecule has 0 aliphatic carbocycles. The number of aliphatic hydroxyl groups is 1. The second-order valence-electron chi connectivity index (χ2n) is 9.54. The summed E-state index contributed by atoms with van der Waals surface area (Å²) in [5.74, 6) is -2.61. The van der Waals surface area contributed by atoms with Gasteiger partial charge in [0.05, 0.1) is 54.4 Å². The van der Waals surface area contributed by atoms with Crippen LogP contribution in [0.4, 0.5) is 26.0 Å². The van der Waals surface area contributed by atoms with E-state index in [1.807, 2.05) is 13.0 Å². The van der Waals surface area contributed by atoms with Gasteiger partial charge in [-0.15, -0.1) is 5.10 Å². The molecule has 2 fully saturated rings. The number of rotatable bonds is 8. The maximum Gasteiger partial charge on any atom is 0.282 e. The lowest BCUT2D eigenvalue weighted by molar-refractivity contribution is -0.0267. The number of halogens is 2. The van der Waals surface area contributed by atoms with Gasteiger partial charge in [-0.2, -0.15) is 0 Å². The normalized spacial score (nSPS) is 17.5. The van der Waals surface area contributed by atoms with Crippen molar-refractivity contribution in [1.82, 2.24) is 20.0 Å². The Morgan fingerprint density at radius 1 is 1.03 bits per heavy atom. The predicted molar refractivity (Wildman–Crippen MR) is 137 cm³/mol. The monoisotopic (exact) mass is 533 g/mol. The van der Waals surface area contributed by atoms with Crippen molar-refractivity contribution in [2.45, 2.75) is 32.1 Å². The number of sulfonamides is 1. The minimum atomic E-state index is -3.67. The second kappa shape index (κ2) is 9.86. The molecule has 5 rings (SSSR count). The molecule has 2 saturated heterocycles. The Morgan fingerprint density at radius 3 is 2.49 bits per heavy atom. The molecule has 2 aliphatic heterocycles. The number of anilines is 3. The molecule has 13 heteroatoms. The summed E-state index contributed by atoms with van der Waals surface area (Å²) < 4.78 is 55.3. The van der Waals surface area contributed by atoms with Crippen molar-refractivity contribution in [3.8, 4) is 17.1 Å². The van der Waals surface area contributed by atoms with E-state index in [1.54, 1.807) is 35.1 Å². The van der Waals surface area contributed by atoms with Crippen molar-refractivity contribution >= 4 is 27.2 Å². The SMILES string of the molecule is Cc1cc(-c2cn(-c3ccc(NS(=O)(=O)CCO)cc3N3CCCCC3)nn2)nc(N2CC(F)(F)C2)c1. The molecule has 37 heavy (non-hydrogen) atoms. The highest BCUT2D eigenvalue weighted by molar-refractivity contribution is 7.92. The smallest absolute Gasteiger partial charge is 0.282 e. The third kappa shape index (κ3) is 5.67. The van der Waals surface area contributed by atoms with E-state index in [1.165, 1.54) is 4.90 Å². The average Bonchev–Trinajstić information content (AvgIpc) is 3.32. The Balaban J connectivity index is 1.47. The molecule has 0 spiro atoms. The van der Waals surface area contributed by atoms with E-state index in [4.69, 9.17) is 5.11 Å². The number of aliphatic hydroxyl groups excluding tert-OH is 1. The first-order valence-corrected chi connectivity index (χ1v) is 13.8. The zero-order valence-electron chi connectivity index (χ0n) is 20.4. The Labute approximate surface area is 214 Å². The van der Waals surface area contributed by atoms with Gasteiger partial charge in [0, 0.05) is 13.1 Å². The van der Waals surface area contributed by atoms with Gasteiger partial charge in [0.1, 0.15) is 11.5 Å². The van der Waals surface area contributed by atoms with Crippen LogP contribution in [0.3, 0.4) is 0 Å². The summed E-state index contributed by atoms with van der Waals surface area (Å²) >= 11 is 0. The summed E-state index contributed by atoms with van der Waals surface area (Å²) in [5, 5.41) is 17.6. The first-order chi connectivity index (χ1) is 17.6. The molecule has 0 radical (unpaired) electrons. The van der Waals surface area contributed by atoms with Gasteiger partial charge in [0.25, 0.3) is 5.92 Å². The van der Waals surface area contributed by atoms with Gasteiger partial charge >= 0.3 is 0 Å². The Kier molecular flexibility index (Phi) is 6.75. The van der Waals surface area contributed by atoms with Gasteiger partial charge in [-0.05, 0) is 62.1 Å². The number of nitrogens with zero attached hydrogens (tertiary/aromatic N) is 6. The molecule has 198 valence electrons. The zero-order valence-corrected chi connectivity index (χ0v) is 21.3. The van der Waals surface area contributed by atoms with E-state index in [-0.39, 0.29) is 18.8 Å². The molecule has 0 unspecified atom stereocenters. The average molecular weight is 534 g/mol. The summed E-state index contributed by atoms with van der Waals surface area (Å²) in [4.78, 5) is 8.28. The van der Waals surface area contributed by atoms with Gasteiger partial charge in [0.2, 0.25) is 10.0 Å². The van der Waals surface area contributed by atoms with E-state index < -0.39 is 22.6 Å². The van der Waals surface area contributed by atoms with Gasteiger partial charge in [0.15, 0.2) is 0 Å². The van der Waals surface area contributed by atoms with E-state index in [0.717, 1.165) is 49.3 Å². The Hall–Kier alpha value is -3.32. The van der Waals surface area contributed by atoms with Gasteiger partial charge in [-0.25, -0.2) is 26.9 Å². The van der Waals surface area contributed by atoms with Crippen LogP contribution in [-0.2, 0) is 10.0 Å². The fourth-order valence-corrected chi connectivity index (χ4v) is 5.46. The van der Waals surface area contributed by atoms with Crippen LogP contribution in [0.5, 0.6) is 0 Å². The number of aromatic nitrogens is 4. The maximum absolute atomic E-state index is 13.4. The van der Waals surface area contributed by atoms with E-state index in [2.05, 4.69) is 24.9 Å². The molecule has 1 aromatic carbocycles. The minimum absolute atomic E-state index is 0.358. The summed E-state index contributed by atoms with van der Waals surface area (Å²) in [6.45, 7) is 2.34. The molecular formula is C24H29F2N7O3S. The number of hydrogen-bond donors (Lipinski definition) is 2. The summed E-state index contributed by atoms with van der Waals surface area (Å²) in [6.07, 6.45) is 4.91. The third-order valence-electron chi connectivity index (χ3n) is 6.43. The summed E-state index contributed by atoms with van der Waals surface area (Å²) in [7, 11) is -3.67. The lowest BCUT2D eigenvalue weighted by Crippen LogP contribution is -2.56. The van der Waals surface area contributed by atoms with E-state index >= 15 is 0 Å². The first kappa shape index (κ1) is 25.3. The summed E-state index contributed by atoms with van der Waals surface area (Å²) in [5.41, 5.74) is 3.83. The van der Waals surface area contributed by atoms with Crippen molar-refractivity contribution in [2.75, 3.05) is 53.1 Å². The predicted octanol–water partition coefficient (Wildman–Crippen LogP) is 2.82. The molecule has 0 atom stereocenters. The molecular weight excluding hydrogens is 504 g/mol. The van der Waals surface area contributed by atoms with Crippen LogP contribution in [0.15, 0.2) is 36.5 Å². The minimum Gasteiger partial charge on any atom is -0.395 e. The highest BCUT2D eigenvalue weighted by Gasteiger charge is 2.44. The third-order valence-corrected chi connectivity index (χ3v) is 7.70. The molecule has 2 aromatic heterocycles. The van der Waals surface area contributed by atoms with Crippen LogP contribution in [0.2, 0.25) is 0 Å². The van der Waals surface area contributed by atoms with Gasteiger partial charge in [-0.1, -0.05) is 5.21 Å². The molecule has 3 aromatic rings. The number of hydrogen-bond acceptors (Lipinski definition) is 8. The fraction of sp³-hybridized carbons (Fsp3) is 0.458. The topological polar surface area (TPSA) is 116 Å². The van der Waals surface area contributed by atoms with Crippen LogP contribution < -0.4 is 14.5 Å². The largest absolute Gasteiger partial charge is 0.395 e. The van der Waals surface area contributed by atoms with Crippen molar-refractivity contribution in [3.63, 3.8) is 0 Å². The zero-order chi connectivity index (χ0) is 26.2. The van der Waals surface area contributed by atoms with Crippen LogP contribution in [0.1, 0.15) is 24.8 Å². The highest BCUT2D eigenvalue weighted by atomic mass is 32.2. The fourth-order valence-electron chi connectivity index (χ4n) is 4.63. The van der Waals surface area contributed by atoms with Crippen molar-refractivity contribution in [1.29, 1.82) is 0 Å². The molecule has 0 bridgehead atoms. The number of benzene rings is 1. The van der Waals surface area contributed by atoms with E-state index in [0.29, 0.717) is 22.9 Å². The second-order valence-corrected chi connectivity index (χ2v) is 11.4. The quantitative estimate of drug-likeness (QED) is 0.454. The Morgan fingerprint density at radius 2 is 1.78 bits per heavy atom. The van der Waals surface area contributed by atoms with Crippen molar-refractivity contribution in [2.24, 2.45) is 0 Å². The molecule has 2 aliphatic rings. The highest BCUT2D eigenvalue weighted by Crippen LogP contribution is 2.34. The molecule has 4 heterocycles. The first-order valence-electron chi connectivity index (χ1n) is 12.2. The molecule has 0 saturated carbocycles. The lowest BCUT2D eigenvalue weighted by Gasteiger charge is -2.39. The number of piperidine rings is 1. The Bertz CT molecular complexity index is 1380. The maximum atomic E-state index is 13.4. The van der Waals surface area contributed by atoms with E-state index in [9.17, 15) is 17.2 Å². The number of alkyl halides is 2. The van der Waals surface area contributed by atoms with Crippen LogP contribution in [-0.4, -0.2) is 78.0 Å². The van der Waals surface area contributed by atoms with Crippen molar-refractivity contribution < 1.29 is 22.3 Å². The number of aryl methyl sites for hydroxylation is 1. The van der Waals surface area contributed by atoms with Crippen LogP contribution in [0.25, 0.3) is 17.1 Å². The van der Waals surface area contributed by atoms with Gasteiger partial charge in [-0.3, -0.25) is 4.72 Å². The molecule has 0 amide bonds. The van der Waals surface area contributed by atoms with Gasteiger partial charge < -0.3 is 14.9 Å². The standard InChI is InChI=1S/C24H29F2N7O3S/c1-17-11-19(27-23(12-17)32-15-24(25,26)16-32)20-14-33(30-28-20)21-6-5-18(29-37(35,36)10-9-34)13-22(21)31-7-3-2-4-8-31/h5-6,11-14,29,34H,2-4,7-10,15-16H2,1H3. The number of pyridine rings is 1.